The largest absolute Gasteiger partial charge is 0.497 e. The van der Waals surface area contributed by atoms with Crippen LogP contribution in [0.25, 0.3) is 5.57 Å². The SMILES string of the molecule is CCOC(=O)/C(=C\Nc1cccc(OC)c1)c1ccc(OC)cc1. The van der Waals surface area contributed by atoms with Gasteiger partial charge in [0, 0.05) is 18.0 Å². The van der Waals surface area contributed by atoms with E-state index in [4.69, 9.17) is 14.2 Å². The first kappa shape index (κ1) is 17.4. The summed E-state index contributed by atoms with van der Waals surface area (Å²) in [6.45, 7) is 2.09. The van der Waals surface area contributed by atoms with Gasteiger partial charge >= 0.3 is 5.97 Å². The first-order valence-electron chi connectivity index (χ1n) is 7.60. The summed E-state index contributed by atoms with van der Waals surface area (Å²) < 4.78 is 15.5. The molecule has 0 aliphatic heterocycles. The Bertz CT molecular complexity index is 708. The van der Waals surface area contributed by atoms with Crippen molar-refractivity contribution in [1.82, 2.24) is 0 Å². The first-order chi connectivity index (χ1) is 11.7. The van der Waals surface area contributed by atoms with Gasteiger partial charge < -0.3 is 19.5 Å². The molecule has 1 N–H and O–H groups in total. The molecule has 0 aliphatic carbocycles. The van der Waals surface area contributed by atoms with Gasteiger partial charge in [-0.05, 0) is 36.8 Å². The summed E-state index contributed by atoms with van der Waals surface area (Å²) in [7, 11) is 3.21. The molecule has 0 spiro atoms. The highest BCUT2D eigenvalue weighted by molar-refractivity contribution is 6.16. The minimum absolute atomic E-state index is 0.311. The Morgan fingerprint density at radius 1 is 1.04 bits per heavy atom. The van der Waals surface area contributed by atoms with Gasteiger partial charge in [0.2, 0.25) is 0 Å². The molecule has 0 unspecified atom stereocenters. The second-order valence-electron chi connectivity index (χ2n) is 4.88. The molecule has 0 aromatic heterocycles. The van der Waals surface area contributed by atoms with Crippen LogP contribution in [0.4, 0.5) is 5.69 Å². The normalized spacial score (nSPS) is 10.9. The van der Waals surface area contributed by atoms with Gasteiger partial charge in [0.1, 0.15) is 11.5 Å². The molecule has 0 bridgehead atoms. The molecular formula is C19H21NO4. The maximum Gasteiger partial charge on any atom is 0.340 e. The van der Waals surface area contributed by atoms with Crippen LogP contribution < -0.4 is 14.8 Å². The molecular weight excluding hydrogens is 306 g/mol. The zero-order valence-corrected chi connectivity index (χ0v) is 14.0. The zero-order valence-electron chi connectivity index (χ0n) is 14.0. The highest BCUT2D eigenvalue weighted by Crippen LogP contribution is 2.22. The molecule has 24 heavy (non-hydrogen) atoms. The van der Waals surface area contributed by atoms with Crippen LogP contribution in [0.2, 0.25) is 0 Å². The molecule has 0 atom stereocenters. The summed E-state index contributed by atoms with van der Waals surface area (Å²) in [5, 5.41) is 3.11. The van der Waals surface area contributed by atoms with Crippen LogP contribution in [0.15, 0.2) is 54.7 Å². The molecule has 0 saturated carbocycles. The van der Waals surface area contributed by atoms with Gasteiger partial charge in [-0.2, -0.15) is 0 Å². The third-order valence-corrected chi connectivity index (χ3v) is 3.35. The van der Waals surface area contributed by atoms with Crippen LogP contribution in [0.3, 0.4) is 0 Å². The third-order valence-electron chi connectivity index (χ3n) is 3.35. The Labute approximate surface area is 141 Å². The summed E-state index contributed by atoms with van der Waals surface area (Å²) in [4.78, 5) is 12.3. The van der Waals surface area contributed by atoms with Gasteiger partial charge in [0.05, 0.1) is 26.4 Å². The van der Waals surface area contributed by atoms with Crippen LogP contribution >= 0.6 is 0 Å². The maximum absolute atomic E-state index is 12.3. The van der Waals surface area contributed by atoms with E-state index in [0.717, 1.165) is 22.7 Å². The van der Waals surface area contributed by atoms with Crippen molar-refractivity contribution in [3.63, 3.8) is 0 Å². The summed E-state index contributed by atoms with van der Waals surface area (Å²) in [6.07, 6.45) is 1.63. The fraction of sp³-hybridized carbons (Fsp3) is 0.211. The van der Waals surface area contributed by atoms with Gasteiger partial charge in [0.15, 0.2) is 0 Å². The number of ether oxygens (including phenoxy) is 3. The molecule has 0 aliphatic rings. The monoisotopic (exact) mass is 327 g/mol. The van der Waals surface area contributed by atoms with Crippen molar-refractivity contribution >= 4 is 17.2 Å². The maximum atomic E-state index is 12.3. The molecule has 5 heteroatoms. The Hall–Kier alpha value is -2.95. The fourth-order valence-electron chi connectivity index (χ4n) is 2.11. The van der Waals surface area contributed by atoms with E-state index >= 15 is 0 Å². The predicted molar refractivity (Wildman–Crippen MR) is 94.2 cm³/mol. The summed E-state index contributed by atoms with van der Waals surface area (Å²) in [6, 6.07) is 14.7. The highest BCUT2D eigenvalue weighted by Gasteiger charge is 2.13. The summed E-state index contributed by atoms with van der Waals surface area (Å²) in [5.41, 5.74) is 1.98. The average molecular weight is 327 g/mol. The third kappa shape index (κ3) is 4.52. The van der Waals surface area contributed by atoms with E-state index in [1.54, 1.807) is 39.5 Å². The fourth-order valence-corrected chi connectivity index (χ4v) is 2.11. The van der Waals surface area contributed by atoms with Crippen LogP contribution in [-0.4, -0.2) is 26.8 Å². The summed E-state index contributed by atoms with van der Waals surface area (Å²) in [5.74, 6) is 1.07. The Morgan fingerprint density at radius 2 is 1.75 bits per heavy atom. The Morgan fingerprint density at radius 3 is 2.38 bits per heavy atom. The predicted octanol–water partition coefficient (Wildman–Crippen LogP) is 3.72. The lowest BCUT2D eigenvalue weighted by Gasteiger charge is -2.10. The van der Waals surface area contributed by atoms with Gasteiger partial charge in [-0.1, -0.05) is 18.2 Å². The number of esters is 1. The van der Waals surface area contributed by atoms with E-state index < -0.39 is 5.97 Å². The number of benzene rings is 2. The van der Waals surface area contributed by atoms with Crippen molar-refractivity contribution in [3.05, 3.63) is 60.3 Å². The second-order valence-corrected chi connectivity index (χ2v) is 4.88. The second kappa shape index (κ2) is 8.62. The number of hydrogen-bond acceptors (Lipinski definition) is 5. The standard InChI is InChI=1S/C19H21NO4/c1-4-24-19(21)18(14-8-10-16(22-2)11-9-14)13-20-15-6-5-7-17(12-15)23-3/h5-13,20H,4H2,1-3H3/b18-13-. The lowest BCUT2D eigenvalue weighted by molar-refractivity contribution is -0.136. The highest BCUT2D eigenvalue weighted by atomic mass is 16.5. The molecule has 2 aromatic rings. The smallest absolute Gasteiger partial charge is 0.340 e. The number of rotatable bonds is 7. The van der Waals surface area contributed by atoms with E-state index in [1.165, 1.54) is 0 Å². The topological polar surface area (TPSA) is 56.8 Å². The quantitative estimate of drug-likeness (QED) is 0.620. The first-order valence-corrected chi connectivity index (χ1v) is 7.60. The van der Waals surface area contributed by atoms with Gasteiger partial charge in [-0.3, -0.25) is 0 Å². The molecule has 0 radical (unpaired) electrons. The van der Waals surface area contributed by atoms with Crippen molar-refractivity contribution < 1.29 is 19.0 Å². The number of hydrogen-bond donors (Lipinski definition) is 1. The minimum Gasteiger partial charge on any atom is -0.497 e. The van der Waals surface area contributed by atoms with Gasteiger partial charge in [0.25, 0.3) is 0 Å². The summed E-state index contributed by atoms with van der Waals surface area (Å²) >= 11 is 0. The average Bonchev–Trinajstić information content (AvgIpc) is 2.63. The molecule has 0 fully saturated rings. The lowest BCUT2D eigenvalue weighted by atomic mass is 10.1. The number of anilines is 1. The van der Waals surface area contributed by atoms with E-state index in [0.29, 0.717) is 12.2 Å². The van der Waals surface area contributed by atoms with Crippen LogP contribution in [-0.2, 0) is 9.53 Å². The molecule has 0 saturated heterocycles. The van der Waals surface area contributed by atoms with E-state index in [1.807, 2.05) is 36.4 Å². The number of methoxy groups -OCH3 is 2. The van der Waals surface area contributed by atoms with E-state index in [2.05, 4.69) is 5.32 Å². The van der Waals surface area contributed by atoms with Crippen molar-refractivity contribution in [3.8, 4) is 11.5 Å². The lowest BCUT2D eigenvalue weighted by Crippen LogP contribution is -2.08. The van der Waals surface area contributed by atoms with Crippen molar-refractivity contribution in [2.75, 3.05) is 26.1 Å². The van der Waals surface area contributed by atoms with Crippen LogP contribution in [0.1, 0.15) is 12.5 Å². The minimum atomic E-state index is -0.391. The Balaban J connectivity index is 2.28. The van der Waals surface area contributed by atoms with E-state index in [9.17, 15) is 4.79 Å². The molecule has 5 nitrogen and oxygen atoms in total. The molecule has 126 valence electrons. The van der Waals surface area contributed by atoms with Gasteiger partial charge in [-0.15, -0.1) is 0 Å². The van der Waals surface area contributed by atoms with Gasteiger partial charge in [-0.25, -0.2) is 4.79 Å². The number of carbonyl (C=O) groups is 1. The molecule has 0 amide bonds. The van der Waals surface area contributed by atoms with Crippen LogP contribution in [0, 0.1) is 0 Å². The zero-order chi connectivity index (χ0) is 17.4. The number of carbonyl (C=O) groups excluding carboxylic acids is 1. The number of nitrogens with one attached hydrogen (secondary N) is 1. The van der Waals surface area contributed by atoms with Crippen molar-refractivity contribution in [2.45, 2.75) is 6.92 Å². The Kier molecular flexibility index (Phi) is 6.25. The van der Waals surface area contributed by atoms with Crippen molar-refractivity contribution in [1.29, 1.82) is 0 Å². The van der Waals surface area contributed by atoms with E-state index in [-0.39, 0.29) is 0 Å². The molecule has 2 aromatic carbocycles. The molecule has 2 rings (SSSR count). The molecule has 0 heterocycles. The van der Waals surface area contributed by atoms with Crippen LogP contribution in [0.5, 0.6) is 11.5 Å². The van der Waals surface area contributed by atoms with Crippen molar-refractivity contribution in [2.24, 2.45) is 0 Å².